The van der Waals surface area contributed by atoms with Gasteiger partial charge in [-0.15, -0.1) is 0 Å². The number of carbonyl (C=O) groups excluding carboxylic acids is 2. The molecule has 9 nitrogen and oxygen atoms in total. The van der Waals surface area contributed by atoms with Crippen molar-refractivity contribution >= 4 is 39.2 Å². The van der Waals surface area contributed by atoms with E-state index in [4.69, 9.17) is 26.0 Å². The number of ether oxygens (including phenoxy) is 1. The smallest absolute Gasteiger partial charge is 0.344 e. The fraction of sp³-hybridized carbons (Fsp3) is 0.105. The Labute approximate surface area is 181 Å². The number of esters is 1. The van der Waals surface area contributed by atoms with Crippen molar-refractivity contribution in [2.24, 2.45) is 5.14 Å². The molecule has 3 aromatic rings. The number of hydrogen-bond acceptors (Lipinski definition) is 7. The number of hydrogen-bond donors (Lipinski definition) is 2. The van der Waals surface area contributed by atoms with Crippen LogP contribution in [0.25, 0.3) is 11.3 Å². The van der Waals surface area contributed by atoms with Crippen LogP contribution in [0.2, 0.25) is 5.02 Å². The van der Waals surface area contributed by atoms with Crippen LogP contribution >= 0.6 is 11.6 Å². The molecule has 3 N–H and O–H groups in total. The van der Waals surface area contributed by atoms with Gasteiger partial charge in [0.1, 0.15) is 22.8 Å². The summed E-state index contributed by atoms with van der Waals surface area (Å²) in [6.45, 7) is 0.703. The second-order valence-electron chi connectivity index (χ2n) is 6.26. The molecule has 0 aliphatic heterocycles. The number of nitrogens with zero attached hydrogens (tertiary/aromatic N) is 1. The number of amides is 1. The summed E-state index contributed by atoms with van der Waals surface area (Å²) in [5, 5.41) is 11.1. The molecule has 0 spiro atoms. The van der Waals surface area contributed by atoms with Gasteiger partial charge in [-0.1, -0.05) is 28.9 Å². The number of halogens is 2. The van der Waals surface area contributed by atoms with E-state index in [0.29, 0.717) is 0 Å². The summed E-state index contributed by atoms with van der Waals surface area (Å²) in [6, 6.07) is 9.17. The van der Waals surface area contributed by atoms with Gasteiger partial charge in [-0.25, -0.2) is 22.7 Å². The Morgan fingerprint density at radius 2 is 1.97 bits per heavy atom. The molecule has 1 heterocycles. The van der Waals surface area contributed by atoms with Crippen molar-refractivity contribution in [2.75, 3.05) is 11.9 Å². The largest absolute Gasteiger partial charge is 0.452 e. The van der Waals surface area contributed by atoms with Gasteiger partial charge in [0.15, 0.2) is 6.61 Å². The lowest BCUT2D eigenvalue weighted by atomic mass is 10.1. The Kier molecular flexibility index (Phi) is 6.39. The third kappa shape index (κ3) is 5.08. The fourth-order valence-corrected chi connectivity index (χ4v) is 3.47. The summed E-state index contributed by atoms with van der Waals surface area (Å²) >= 11 is 6.02. The molecule has 3 rings (SSSR count). The lowest BCUT2D eigenvalue weighted by Crippen LogP contribution is -2.21. The first-order chi connectivity index (χ1) is 14.6. The van der Waals surface area contributed by atoms with Crippen LogP contribution in [0, 0.1) is 12.7 Å². The first-order valence-corrected chi connectivity index (χ1v) is 10.5. The average molecular weight is 468 g/mol. The normalized spacial score (nSPS) is 11.2. The monoisotopic (exact) mass is 467 g/mol. The van der Waals surface area contributed by atoms with Crippen LogP contribution in [-0.2, 0) is 19.6 Å². The molecular weight excluding hydrogens is 453 g/mol. The van der Waals surface area contributed by atoms with E-state index in [-0.39, 0.29) is 38.2 Å². The molecule has 12 heteroatoms. The van der Waals surface area contributed by atoms with E-state index < -0.39 is 34.3 Å². The first kappa shape index (κ1) is 22.4. The summed E-state index contributed by atoms with van der Waals surface area (Å²) in [5.41, 5.74) is -0.354. The van der Waals surface area contributed by atoms with Gasteiger partial charge >= 0.3 is 5.97 Å². The topological polar surface area (TPSA) is 142 Å². The highest BCUT2D eigenvalue weighted by atomic mass is 35.5. The van der Waals surface area contributed by atoms with Crippen LogP contribution in [-0.4, -0.2) is 32.1 Å². The molecule has 162 valence electrons. The Bertz CT molecular complexity index is 1260. The summed E-state index contributed by atoms with van der Waals surface area (Å²) in [4.78, 5) is 24.4. The van der Waals surface area contributed by atoms with Crippen molar-refractivity contribution in [1.82, 2.24) is 5.16 Å². The summed E-state index contributed by atoms with van der Waals surface area (Å²) in [7, 11) is -3.95. The number of primary sulfonamides is 1. The minimum absolute atomic E-state index is 0.00910. The van der Waals surface area contributed by atoms with Gasteiger partial charge in [0.25, 0.3) is 5.91 Å². The van der Waals surface area contributed by atoms with Gasteiger partial charge in [-0.2, -0.15) is 0 Å². The molecule has 0 bridgehead atoms. The van der Waals surface area contributed by atoms with Crippen LogP contribution in [0.5, 0.6) is 0 Å². The SMILES string of the molecule is Cc1onc(-c2c(F)cccc2Cl)c1C(=O)OCC(=O)Nc1cccc(S(N)(=O)=O)c1. The van der Waals surface area contributed by atoms with Crippen molar-refractivity contribution < 1.29 is 31.7 Å². The second kappa shape index (κ2) is 8.84. The molecule has 0 saturated carbocycles. The van der Waals surface area contributed by atoms with E-state index in [1.165, 1.54) is 37.3 Å². The Hall–Kier alpha value is -3.28. The lowest BCUT2D eigenvalue weighted by Gasteiger charge is -2.08. The van der Waals surface area contributed by atoms with Crippen molar-refractivity contribution in [3.05, 3.63) is 64.6 Å². The van der Waals surface area contributed by atoms with Crippen LogP contribution < -0.4 is 10.5 Å². The molecule has 1 aromatic heterocycles. The zero-order valence-corrected chi connectivity index (χ0v) is 17.5. The number of benzene rings is 2. The molecule has 0 aliphatic carbocycles. The van der Waals surface area contributed by atoms with Crippen molar-refractivity contribution in [1.29, 1.82) is 0 Å². The minimum atomic E-state index is -3.95. The molecule has 31 heavy (non-hydrogen) atoms. The van der Waals surface area contributed by atoms with E-state index in [0.717, 1.165) is 12.1 Å². The number of sulfonamides is 1. The van der Waals surface area contributed by atoms with Gasteiger partial charge in [-0.05, 0) is 37.3 Å². The highest BCUT2D eigenvalue weighted by Crippen LogP contribution is 2.33. The van der Waals surface area contributed by atoms with Gasteiger partial charge in [0, 0.05) is 5.69 Å². The number of aryl methyl sites for hydroxylation is 1. The number of carbonyl (C=O) groups is 2. The molecule has 0 fully saturated rings. The van der Waals surface area contributed by atoms with Crippen LogP contribution in [0.4, 0.5) is 10.1 Å². The van der Waals surface area contributed by atoms with Gasteiger partial charge in [0.05, 0.1) is 15.5 Å². The lowest BCUT2D eigenvalue weighted by molar-refractivity contribution is -0.119. The summed E-state index contributed by atoms with van der Waals surface area (Å²) in [6.07, 6.45) is 0. The summed E-state index contributed by atoms with van der Waals surface area (Å²) in [5.74, 6) is -2.41. The maximum atomic E-state index is 14.2. The fourth-order valence-electron chi connectivity index (χ4n) is 2.66. The van der Waals surface area contributed by atoms with E-state index in [2.05, 4.69) is 10.5 Å². The Morgan fingerprint density at radius 3 is 2.65 bits per heavy atom. The van der Waals surface area contributed by atoms with Crippen LogP contribution in [0.1, 0.15) is 16.1 Å². The molecular formula is C19H15ClFN3O6S. The molecule has 1 amide bonds. The zero-order chi connectivity index (χ0) is 22.8. The van der Waals surface area contributed by atoms with Crippen molar-refractivity contribution in [3.63, 3.8) is 0 Å². The van der Waals surface area contributed by atoms with E-state index >= 15 is 0 Å². The number of nitrogens with one attached hydrogen (secondary N) is 1. The predicted molar refractivity (Wildman–Crippen MR) is 108 cm³/mol. The number of aromatic nitrogens is 1. The van der Waals surface area contributed by atoms with Crippen LogP contribution in [0.15, 0.2) is 51.9 Å². The predicted octanol–water partition coefficient (Wildman–Crippen LogP) is 2.89. The minimum Gasteiger partial charge on any atom is -0.452 e. The van der Waals surface area contributed by atoms with E-state index in [9.17, 15) is 22.4 Å². The molecule has 0 aliphatic rings. The molecule has 0 radical (unpaired) electrons. The first-order valence-electron chi connectivity index (χ1n) is 8.58. The second-order valence-corrected chi connectivity index (χ2v) is 8.22. The van der Waals surface area contributed by atoms with Gasteiger partial charge in [-0.3, -0.25) is 4.79 Å². The van der Waals surface area contributed by atoms with Crippen LogP contribution in [0.3, 0.4) is 0 Å². The molecule has 0 atom stereocenters. The standard InChI is InChI=1S/C19H15ClFN3O6S/c1-10-16(18(24-30-10)17-13(20)6-3-7-14(17)21)19(26)29-9-15(25)23-11-4-2-5-12(8-11)31(22,27)28/h2-8H,9H2,1H3,(H,23,25)(H2,22,27,28). The highest BCUT2D eigenvalue weighted by Gasteiger charge is 2.27. The van der Waals surface area contributed by atoms with E-state index in [1.54, 1.807) is 0 Å². The Balaban J connectivity index is 1.74. The molecule has 2 aromatic carbocycles. The highest BCUT2D eigenvalue weighted by molar-refractivity contribution is 7.89. The number of rotatable bonds is 6. The number of nitrogens with two attached hydrogens (primary N) is 1. The third-order valence-corrected chi connectivity index (χ3v) is 5.27. The number of anilines is 1. The zero-order valence-electron chi connectivity index (χ0n) is 15.9. The van der Waals surface area contributed by atoms with Crippen molar-refractivity contribution in [3.8, 4) is 11.3 Å². The third-order valence-electron chi connectivity index (χ3n) is 4.05. The van der Waals surface area contributed by atoms with Crippen molar-refractivity contribution in [2.45, 2.75) is 11.8 Å². The Morgan fingerprint density at radius 1 is 1.26 bits per heavy atom. The maximum Gasteiger partial charge on any atom is 0.344 e. The van der Waals surface area contributed by atoms with Gasteiger partial charge < -0.3 is 14.6 Å². The molecule has 0 saturated heterocycles. The quantitative estimate of drug-likeness (QED) is 0.531. The van der Waals surface area contributed by atoms with E-state index in [1.807, 2.05) is 0 Å². The molecule has 0 unspecified atom stereocenters. The van der Waals surface area contributed by atoms with Gasteiger partial charge in [0.2, 0.25) is 10.0 Å². The maximum absolute atomic E-state index is 14.2. The summed E-state index contributed by atoms with van der Waals surface area (Å²) < 4.78 is 47.0. The average Bonchev–Trinajstić information content (AvgIpc) is 3.07.